The zero-order valence-corrected chi connectivity index (χ0v) is 30.2. The van der Waals surface area contributed by atoms with Gasteiger partial charge in [-0.1, -0.05) is 33.6 Å². The fraction of sp³-hybridized carbons (Fsp3) is 0.697. The Hall–Kier alpha value is -4.88. The highest BCUT2D eigenvalue weighted by atomic mass is 16.6. The van der Waals surface area contributed by atoms with E-state index in [-0.39, 0.29) is 31.6 Å². The number of ether oxygens (including phenoxy) is 2. The summed E-state index contributed by atoms with van der Waals surface area (Å²) < 4.78 is 9.99. The summed E-state index contributed by atoms with van der Waals surface area (Å²) in [5.41, 5.74) is -0.885. The van der Waals surface area contributed by atoms with E-state index in [1.807, 2.05) is 20.8 Å². The highest BCUT2D eigenvalue weighted by molar-refractivity contribution is 5.96. The van der Waals surface area contributed by atoms with E-state index in [1.165, 1.54) is 6.92 Å². The molecule has 0 aromatic heterocycles. The Morgan fingerprint density at radius 2 is 1.42 bits per heavy atom. The van der Waals surface area contributed by atoms with Crippen LogP contribution in [0.1, 0.15) is 87.0 Å². The van der Waals surface area contributed by atoms with Crippen LogP contribution in [0.3, 0.4) is 0 Å². The van der Waals surface area contributed by atoms with E-state index < -0.39 is 96.4 Å². The molecule has 2 unspecified atom stereocenters. The SMILES string of the molecule is CCCCC1NC(=O)C(CC(C)C)NC(=O)[C@H](C)NC(=O)CNC(=O)[C@@H](NC(=O)OC(C)(C)C)CC#CC[C@@H](C(=O)OC)NC(=O)CNC1=O. The summed E-state index contributed by atoms with van der Waals surface area (Å²) in [5, 5.41) is 17.4. The Bertz CT molecular complexity index is 1300. The van der Waals surface area contributed by atoms with Gasteiger partial charge in [-0.2, -0.15) is 0 Å². The first-order valence-electron chi connectivity index (χ1n) is 16.6. The monoisotopic (exact) mass is 707 g/mol. The van der Waals surface area contributed by atoms with E-state index >= 15 is 0 Å². The molecule has 17 heteroatoms. The van der Waals surface area contributed by atoms with Gasteiger partial charge in [0.2, 0.25) is 35.4 Å². The van der Waals surface area contributed by atoms with E-state index in [0.29, 0.717) is 12.8 Å². The van der Waals surface area contributed by atoms with Crippen LogP contribution in [0.5, 0.6) is 0 Å². The van der Waals surface area contributed by atoms with Crippen LogP contribution in [-0.2, 0) is 43.0 Å². The van der Waals surface area contributed by atoms with Crippen molar-refractivity contribution in [1.29, 1.82) is 0 Å². The first-order chi connectivity index (χ1) is 23.4. The van der Waals surface area contributed by atoms with Crippen LogP contribution in [0.4, 0.5) is 4.79 Å². The maximum absolute atomic E-state index is 13.4. The molecule has 0 spiro atoms. The van der Waals surface area contributed by atoms with Crippen molar-refractivity contribution < 1.29 is 47.8 Å². The van der Waals surface area contributed by atoms with Gasteiger partial charge in [-0.05, 0) is 46.5 Å². The molecule has 0 radical (unpaired) electrons. The second-order valence-corrected chi connectivity index (χ2v) is 13.2. The average Bonchev–Trinajstić information content (AvgIpc) is 3.02. The van der Waals surface area contributed by atoms with Gasteiger partial charge in [0.05, 0.1) is 20.2 Å². The molecular weight excluding hydrogens is 654 g/mol. The number of carbonyl (C=O) groups is 8. The normalized spacial score (nSPS) is 23.7. The van der Waals surface area contributed by atoms with Crippen molar-refractivity contribution in [3.63, 3.8) is 0 Å². The topological polar surface area (TPSA) is 239 Å². The molecule has 17 nitrogen and oxygen atoms in total. The summed E-state index contributed by atoms with van der Waals surface area (Å²) in [5.74, 6) is 0.240. The van der Waals surface area contributed by atoms with Crippen molar-refractivity contribution in [2.24, 2.45) is 5.92 Å². The van der Waals surface area contributed by atoms with E-state index in [2.05, 4.69) is 49.1 Å². The molecule has 7 amide bonds. The maximum Gasteiger partial charge on any atom is 0.408 e. The number of carbonyl (C=O) groups excluding carboxylic acids is 8. The lowest BCUT2D eigenvalue weighted by molar-refractivity contribution is -0.144. The molecule has 280 valence electrons. The zero-order chi connectivity index (χ0) is 38.0. The lowest BCUT2D eigenvalue weighted by Crippen LogP contribution is -2.57. The third-order valence-electron chi connectivity index (χ3n) is 7.00. The highest BCUT2D eigenvalue weighted by Crippen LogP contribution is 2.09. The number of unbranched alkanes of at least 4 members (excludes halogenated alkanes) is 1. The largest absolute Gasteiger partial charge is 0.467 e. The molecule has 7 N–H and O–H groups in total. The Balaban J connectivity index is 3.41. The number of esters is 1. The lowest BCUT2D eigenvalue weighted by atomic mass is 10.0. The fourth-order valence-corrected chi connectivity index (χ4v) is 4.48. The molecule has 0 aromatic rings. The minimum Gasteiger partial charge on any atom is -0.467 e. The number of nitrogens with one attached hydrogen (secondary N) is 7. The molecule has 1 aliphatic heterocycles. The second kappa shape index (κ2) is 21.3. The van der Waals surface area contributed by atoms with Crippen molar-refractivity contribution in [2.75, 3.05) is 20.2 Å². The van der Waals surface area contributed by atoms with Crippen molar-refractivity contribution in [1.82, 2.24) is 37.2 Å². The van der Waals surface area contributed by atoms with Gasteiger partial charge in [-0.15, -0.1) is 11.8 Å². The third-order valence-corrected chi connectivity index (χ3v) is 7.00. The molecule has 5 atom stereocenters. The molecule has 1 rings (SSSR count). The lowest BCUT2D eigenvalue weighted by Gasteiger charge is -2.25. The van der Waals surface area contributed by atoms with Crippen LogP contribution in [0.25, 0.3) is 0 Å². The van der Waals surface area contributed by atoms with Crippen LogP contribution >= 0.6 is 0 Å². The molecule has 0 saturated carbocycles. The van der Waals surface area contributed by atoms with E-state index in [4.69, 9.17) is 9.47 Å². The Morgan fingerprint density at radius 1 is 0.840 bits per heavy atom. The molecule has 0 aliphatic carbocycles. The first-order valence-corrected chi connectivity index (χ1v) is 16.6. The minimum atomic E-state index is -1.30. The predicted molar refractivity (Wildman–Crippen MR) is 181 cm³/mol. The van der Waals surface area contributed by atoms with Crippen LogP contribution in [0.15, 0.2) is 0 Å². The quantitative estimate of drug-likeness (QED) is 0.129. The average molecular weight is 708 g/mol. The van der Waals surface area contributed by atoms with Crippen LogP contribution in [-0.4, -0.2) is 104 Å². The van der Waals surface area contributed by atoms with Gasteiger partial charge in [-0.25, -0.2) is 9.59 Å². The highest BCUT2D eigenvalue weighted by Gasteiger charge is 2.30. The summed E-state index contributed by atoms with van der Waals surface area (Å²) in [4.78, 5) is 103. The summed E-state index contributed by atoms with van der Waals surface area (Å²) in [6.07, 6.45) is 0.293. The van der Waals surface area contributed by atoms with Gasteiger partial charge in [0, 0.05) is 12.8 Å². The van der Waals surface area contributed by atoms with Crippen LogP contribution < -0.4 is 37.2 Å². The van der Waals surface area contributed by atoms with E-state index in [1.54, 1.807) is 20.8 Å². The summed E-state index contributed by atoms with van der Waals surface area (Å²) in [6, 6.07) is -5.76. The zero-order valence-electron chi connectivity index (χ0n) is 30.2. The van der Waals surface area contributed by atoms with Crippen molar-refractivity contribution >= 4 is 47.5 Å². The standard InChI is InChI=1S/C33H53N7O10/c1-9-10-13-21-28(44)35-18-26(42)37-23(31(47)49-8)15-12-11-14-22(40-32(48)50-33(5,6)7)29(45)34-17-25(41)36-20(4)27(43)39-24(16-19(2)3)30(46)38-21/h19-24H,9-10,13-18H2,1-8H3,(H,34,45)(H,35,44)(H,36,41)(H,37,42)(H,38,46)(H,39,43)(H,40,48)/t20-,21?,22-,23-,24?/m0/s1. The van der Waals surface area contributed by atoms with Gasteiger partial charge in [0.1, 0.15) is 35.8 Å². The number of rotatable bonds is 7. The molecule has 1 heterocycles. The number of hydrogen-bond donors (Lipinski definition) is 7. The fourth-order valence-electron chi connectivity index (χ4n) is 4.48. The van der Waals surface area contributed by atoms with Gasteiger partial charge < -0.3 is 46.7 Å². The van der Waals surface area contributed by atoms with Gasteiger partial charge in [0.15, 0.2) is 0 Å². The number of alkyl carbamates (subject to hydrolysis) is 1. The number of amides is 7. The molecule has 0 bridgehead atoms. The van der Waals surface area contributed by atoms with Gasteiger partial charge in [0.25, 0.3) is 0 Å². The van der Waals surface area contributed by atoms with Gasteiger partial charge in [-0.3, -0.25) is 28.8 Å². The molecule has 0 fully saturated rings. The van der Waals surface area contributed by atoms with E-state index in [0.717, 1.165) is 7.11 Å². The molecule has 0 aromatic carbocycles. The molecule has 1 aliphatic rings. The minimum absolute atomic E-state index is 0.0469. The van der Waals surface area contributed by atoms with Gasteiger partial charge >= 0.3 is 12.1 Å². The molecule has 0 saturated heterocycles. The van der Waals surface area contributed by atoms with Crippen molar-refractivity contribution in [2.45, 2.75) is 123 Å². The summed E-state index contributed by atoms with van der Waals surface area (Å²) in [7, 11) is 1.12. The number of hydrogen-bond acceptors (Lipinski definition) is 10. The number of methoxy groups -OCH3 is 1. The Morgan fingerprint density at radius 3 is 2.00 bits per heavy atom. The van der Waals surface area contributed by atoms with Crippen LogP contribution in [0.2, 0.25) is 0 Å². The smallest absolute Gasteiger partial charge is 0.408 e. The summed E-state index contributed by atoms with van der Waals surface area (Å²) >= 11 is 0. The van der Waals surface area contributed by atoms with Crippen molar-refractivity contribution in [3.05, 3.63) is 0 Å². The maximum atomic E-state index is 13.4. The molecule has 50 heavy (non-hydrogen) atoms. The summed E-state index contributed by atoms with van der Waals surface area (Å²) in [6.45, 7) is 10.8. The Labute approximate surface area is 293 Å². The Kier molecular flexibility index (Phi) is 18.3. The van der Waals surface area contributed by atoms with E-state index in [9.17, 15) is 38.4 Å². The van der Waals surface area contributed by atoms with Crippen molar-refractivity contribution in [3.8, 4) is 11.8 Å². The van der Waals surface area contributed by atoms with Crippen LogP contribution in [0, 0.1) is 17.8 Å². The third kappa shape index (κ3) is 17.0. The molecular formula is C33H53N7O10. The predicted octanol–water partition coefficient (Wildman–Crippen LogP) is -0.722. The first kappa shape index (κ1) is 43.1. The second-order valence-electron chi connectivity index (χ2n) is 13.2.